The monoisotopic (exact) mass is 327 g/mol. The van der Waals surface area contributed by atoms with Crippen molar-refractivity contribution in [3.05, 3.63) is 52.4 Å². The Balaban J connectivity index is 2.09. The van der Waals surface area contributed by atoms with Crippen molar-refractivity contribution in [1.82, 2.24) is 14.5 Å². The van der Waals surface area contributed by atoms with Gasteiger partial charge in [0.05, 0.1) is 5.52 Å². The number of hydrogen-bond acceptors (Lipinski definition) is 2. The van der Waals surface area contributed by atoms with Gasteiger partial charge in [0.2, 0.25) is 5.95 Å². The van der Waals surface area contributed by atoms with E-state index in [1.54, 1.807) is 0 Å². The predicted octanol–water partition coefficient (Wildman–Crippen LogP) is 4.06. The maximum absolute atomic E-state index is 4.44. The Morgan fingerprint density at radius 2 is 1.85 bits per heavy atom. The van der Waals surface area contributed by atoms with E-state index >= 15 is 0 Å². The molecule has 0 unspecified atom stereocenters. The van der Waals surface area contributed by atoms with Gasteiger partial charge in [-0.25, -0.2) is 9.97 Å². The molecule has 0 spiro atoms. The lowest BCUT2D eigenvalue weighted by Crippen LogP contribution is -2.09. The molecule has 100 valence electrons. The number of nitrogens with zero attached hydrogens (tertiary/aromatic N) is 3. The van der Waals surface area contributed by atoms with E-state index < -0.39 is 0 Å². The molecule has 1 aliphatic carbocycles. The fourth-order valence-electron chi connectivity index (χ4n) is 3.15. The molecule has 2 heterocycles. The van der Waals surface area contributed by atoms with Gasteiger partial charge in [-0.05, 0) is 55.5 Å². The van der Waals surface area contributed by atoms with Gasteiger partial charge in [0, 0.05) is 27.9 Å². The highest BCUT2D eigenvalue weighted by atomic mass is 79.9. The van der Waals surface area contributed by atoms with Crippen LogP contribution in [0.15, 0.2) is 41.1 Å². The summed E-state index contributed by atoms with van der Waals surface area (Å²) in [5.74, 6) is 0.781. The first kappa shape index (κ1) is 12.1. The van der Waals surface area contributed by atoms with E-state index in [0.717, 1.165) is 23.3 Å². The molecule has 0 saturated carbocycles. The molecular weight excluding hydrogens is 314 g/mol. The van der Waals surface area contributed by atoms with Crippen molar-refractivity contribution in [3.8, 4) is 5.95 Å². The normalized spacial score (nSPS) is 14.4. The van der Waals surface area contributed by atoms with Crippen LogP contribution in [-0.4, -0.2) is 14.5 Å². The van der Waals surface area contributed by atoms with Gasteiger partial charge in [-0.3, -0.25) is 4.57 Å². The van der Waals surface area contributed by atoms with E-state index in [1.165, 1.54) is 35.0 Å². The van der Waals surface area contributed by atoms with Crippen LogP contribution in [0.4, 0.5) is 0 Å². The zero-order chi connectivity index (χ0) is 13.5. The maximum Gasteiger partial charge on any atom is 0.234 e. The fraction of sp³-hybridized carbons (Fsp3) is 0.250. The summed E-state index contributed by atoms with van der Waals surface area (Å²) in [7, 11) is 0. The summed E-state index contributed by atoms with van der Waals surface area (Å²) >= 11 is 3.59. The smallest absolute Gasteiger partial charge is 0.234 e. The topological polar surface area (TPSA) is 30.7 Å². The molecule has 0 aliphatic heterocycles. The Morgan fingerprint density at radius 3 is 2.70 bits per heavy atom. The van der Waals surface area contributed by atoms with Crippen molar-refractivity contribution < 1.29 is 0 Å². The maximum atomic E-state index is 4.44. The highest BCUT2D eigenvalue weighted by molar-refractivity contribution is 9.10. The molecule has 2 aromatic heterocycles. The molecule has 1 aromatic carbocycles. The Morgan fingerprint density at radius 1 is 1.05 bits per heavy atom. The molecule has 3 aromatic rings. The van der Waals surface area contributed by atoms with Crippen molar-refractivity contribution in [2.75, 3.05) is 0 Å². The molecule has 0 N–H and O–H groups in total. The third kappa shape index (κ3) is 1.79. The number of rotatable bonds is 1. The standard InChI is InChI=1S/C16H14BrN3/c17-11-6-7-15-13(10-11)12-4-1-2-5-14(12)20(15)16-18-8-3-9-19-16/h3,6-10H,1-2,4-5H2. The van der Waals surface area contributed by atoms with Gasteiger partial charge in [0.25, 0.3) is 0 Å². The van der Waals surface area contributed by atoms with Crippen LogP contribution >= 0.6 is 15.9 Å². The first-order chi connectivity index (χ1) is 9.84. The van der Waals surface area contributed by atoms with E-state index in [9.17, 15) is 0 Å². The van der Waals surface area contributed by atoms with Gasteiger partial charge >= 0.3 is 0 Å². The van der Waals surface area contributed by atoms with E-state index in [-0.39, 0.29) is 0 Å². The molecular formula is C16H14BrN3. The first-order valence-electron chi connectivity index (χ1n) is 6.94. The number of benzene rings is 1. The van der Waals surface area contributed by atoms with Crippen molar-refractivity contribution >= 4 is 26.8 Å². The molecule has 0 saturated heterocycles. The Bertz CT molecular complexity index is 777. The van der Waals surface area contributed by atoms with Crippen molar-refractivity contribution in [3.63, 3.8) is 0 Å². The second-order valence-corrected chi connectivity index (χ2v) is 6.09. The van der Waals surface area contributed by atoms with Crippen LogP contribution in [0, 0.1) is 0 Å². The first-order valence-corrected chi connectivity index (χ1v) is 7.73. The molecule has 3 nitrogen and oxygen atoms in total. The summed E-state index contributed by atoms with van der Waals surface area (Å²) in [6.45, 7) is 0. The zero-order valence-electron chi connectivity index (χ0n) is 11.0. The highest BCUT2D eigenvalue weighted by Crippen LogP contribution is 2.34. The summed E-state index contributed by atoms with van der Waals surface area (Å²) in [5.41, 5.74) is 4.07. The lowest BCUT2D eigenvalue weighted by Gasteiger charge is -2.14. The second-order valence-electron chi connectivity index (χ2n) is 5.18. The van der Waals surface area contributed by atoms with E-state index in [1.807, 2.05) is 18.5 Å². The number of hydrogen-bond donors (Lipinski definition) is 0. The molecule has 0 amide bonds. The third-order valence-corrected chi connectivity index (χ3v) is 4.48. The van der Waals surface area contributed by atoms with Crippen molar-refractivity contribution in [2.45, 2.75) is 25.7 Å². The average Bonchev–Trinajstić information content (AvgIpc) is 2.82. The quantitative estimate of drug-likeness (QED) is 0.674. The summed E-state index contributed by atoms with van der Waals surface area (Å²) in [6.07, 6.45) is 8.40. The van der Waals surface area contributed by atoms with Gasteiger partial charge in [-0.15, -0.1) is 0 Å². The molecule has 4 heteroatoms. The van der Waals surface area contributed by atoms with Gasteiger partial charge in [0.15, 0.2) is 0 Å². The van der Waals surface area contributed by atoms with Crippen LogP contribution in [0.1, 0.15) is 24.1 Å². The minimum Gasteiger partial charge on any atom is -0.282 e. The van der Waals surface area contributed by atoms with Gasteiger partial charge in [-0.2, -0.15) is 0 Å². The number of fused-ring (bicyclic) bond motifs is 3. The average molecular weight is 328 g/mol. The number of aryl methyl sites for hydroxylation is 1. The Kier molecular flexibility index (Phi) is 2.84. The van der Waals surface area contributed by atoms with E-state index in [0.29, 0.717) is 0 Å². The summed E-state index contributed by atoms with van der Waals surface area (Å²) in [5, 5.41) is 1.33. The van der Waals surface area contributed by atoms with Gasteiger partial charge in [0.1, 0.15) is 0 Å². The number of aromatic nitrogens is 3. The molecule has 0 radical (unpaired) electrons. The zero-order valence-corrected chi connectivity index (χ0v) is 12.6. The molecule has 0 bridgehead atoms. The summed E-state index contributed by atoms with van der Waals surface area (Å²) in [6, 6.07) is 8.33. The molecule has 4 rings (SSSR count). The minimum atomic E-state index is 0.781. The molecule has 0 atom stereocenters. The van der Waals surface area contributed by atoms with E-state index in [2.05, 4.69) is 48.7 Å². The largest absolute Gasteiger partial charge is 0.282 e. The van der Waals surface area contributed by atoms with Crippen molar-refractivity contribution in [2.24, 2.45) is 0 Å². The van der Waals surface area contributed by atoms with Crippen LogP contribution in [0.25, 0.3) is 16.9 Å². The fourth-order valence-corrected chi connectivity index (χ4v) is 3.51. The summed E-state index contributed by atoms with van der Waals surface area (Å²) in [4.78, 5) is 8.88. The van der Waals surface area contributed by atoms with Crippen molar-refractivity contribution in [1.29, 1.82) is 0 Å². The SMILES string of the molecule is Brc1ccc2c(c1)c1c(n2-c2ncccn2)CCCC1. The molecule has 0 fully saturated rings. The van der Waals surface area contributed by atoms with Crippen LogP contribution in [0.2, 0.25) is 0 Å². The van der Waals surface area contributed by atoms with Crippen LogP contribution in [-0.2, 0) is 12.8 Å². The lowest BCUT2D eigenvalue weighted by molar-refractivity contribution is 0.661. The van der Waals surface area contributed by atoms with Gasteiger partial charge < -0.3 is 0 Å². The molecule has 1 aliphatic rings. The van der Waals surface area contributed by atoms with E-state index in [4.69, 9.17) is 0 Å². The lowest BCUT2D eigenvalue weighted by atomic mass is 9.96. The third-order valence-electron chi connectivity index (χ3n) is 3.99. The van der Waals surface area contributed by atoms with Crippen LogP contribution < -0.4 is 0 Å². The molecule has 20 heavy (non-hydrogen) atoms. The van der Waals surface area contributed by atoms with Crippen LogP contribution in [0.3, 0.4) is 0 Å². The summed E-state index contributed by atoms with van der Waals surface area (Å²) < 4.78 is 3.36. The van der Waals surface area contributed by atoms with Gasteiger partial charge in [-0.1, -0.05) is 15.9 Å². The highest BCUT2D eigenvalue weighted by Gasteiger charge is 2.21. The Labute approximate surface area is 125 Å². The minimum absolute atomic E-state index is 0.781. The number of halogens is 1. The van der Waals surface area contributed by atoms with Crippen LogP contribution in [0.5, 0.6) is 0 Å². The second kappa shape index (κ2) is 4.70. The predicted molar refractivity (Wildman–Crippen MR) is 83.2 cm³/mol. The Hall–Kier alpha value is -1.68.